The number of hydrogen-bond acceptors (Lipinski definition) is 3. The molecule has 0 heterocycles. The van der Waals surface area contributed by atoms with E-state index >= 15 is 0 Å². The molecule has 0 saturated heterocycles. The lowest BCUT2D eigenvalue weighted by atomic mass is 10.1. The number of nitrogens with two attached hydrogens (primary N) is 1. The standard InChI is InChI=1S/C13H18N2O3/c1-9(2)15(8-12(14)17)13(18)7-10-4-3-5-11(16)6-10/h3-6,9,16H,7-8H2,1-2H3,(H2,14,17). The summed E-state index contributed by atoms with van der Waals surface area (Å²) in [5.74, 6) is -0.603. The molecule has 2 amide bonds. The third-order valence-electron chi connectivity index (χ3n) is 2.54. The molecule has 5 nitrogen and oxygen atoms in total. The van der Waals surface area contributed by atoms with Crippen molar-refractivity contribution in [2.75, 3.05) is 6.54 Å². The molecule has 0 fully saturated rings. The molecule has 0 saturated carbocycles. The smallest absolute Gasteiger partial charge is 0.237 e. The van der Waals surface area contributed by atoms with Crippen molar-refractivity contribution in [3.63, 3.8) is 0 Å². The van der Waals surface area contributed by atoms with E-state index in [9.17, 15) is 14.7 Å². The van der Waals surface area contributed by atoms with Crippen molar-refractivity contribution >= 4 is 11.8 Å². The summed E-state index contributed by atoms with van der Waals surface area (Å²) in [7, 11) is 0. The van der Waals surface area contributed by atoms with E-state index < -0.39 is 5.91 Å². The molecule has 0 aliphatic carbocycles. The van der Waals surface area contributed by atoms with Gasteiger partial charge in [-0.1, -0.05) is 12.1 Å². The number of benzene rings is 1. The highest BCUT2D eigenvalue weighted by Gasteiger charge is 2.19. The third kappa shape index (κ3) is 4.08. The Morgan fingerprint density at radius 3 is 2.56 bits per heavy atom. The van der Waals surface area contributed by atoms with Crippen LogP contribution in [0.5, 0.6) is 5.75 Å². The topological polar surface area (TPSA) is 83.6 Å². The molecular weight excluding hydrogens is 232 g/mol. The van der Waals surface area contributed by atoms with Gasteiger partial charge in [0.15, 0.2) is 0 Å². The number of carbonyl (C=O) groups is 2. The summed E-state index contributed by atoms with van der Waals surface area (Å²) in [5, 5.41) is 9.32. The van der Waals surface area contributed by atoms with Crippen molar-refractivity contribution in [2.45, 2.75) is 26.3 Å². The van der Waals surface area contributed by atoms with Crippen molar-refractivity contribution < 1.29 is 14.7 Å². The van der Waals surface area contributed by atoms with Crippen LogP contribution >= 0.6 is 0 Å². The fourth-order valence-electron chi connectivity index (χ4n) is 1.67. The number of aromatic hydroxyl groups is 1. The molecule has 0 unspecified atom stereocenters. The lowest BCUT2D eigenvalue weighted by Gasteiger charge is -2.25. The van der Waals surface area contributed by atoms with Crippen LogP contribution in [0.4, 0.5) is 0 Å². The maximum absolute atomic E-state index is 12.0. The fraction of sp³-hybridized carbons (Fsp3) is 0.385. The highest BCUT2D eigenvalue weighted by atomic mass is 16.3. The summed E-state index contributed by atoms with van der Waals surface area (Å²) in [6.45, 7) is 3.56. The highest BCUT2D eigenvalue weighted by Crippen LogP contribution is 2.13. The first kappa shape index (κ1) is 14.0. The normalized spacial score (nSPS) is 10.4. The average Bonchev–Trinajstić information content (AvgIpc) is 2.25. The van der Waals surface area contributed by atoms with Crippen molar-refractivity contribution in [3.8, 4) is 5.75 Å². The van der Waals surface area contributed by atoms with E-state index in [1.807, 2.05) is 13.8 Å². The minimum Gasteiger partial charge on any atom is -0.508 e. The molecule has 18 heavy (non-hydrogen) atoms. The summed E-state index contributed by atoms with van der Waals surface area (Å²) in [4.78, 5) is 24.4. The van der Waals surface area contributed by atoms with Gasteiger partial charge in [0.2, 0.25) is 11.8 Å². The van der Waals surface area contributed by atoms with E-state index in [0.29, 0.717) is 5.56 Å². The second-order valence-electron chi connectivity index (χ2n) is 4.43. The molecule has 0 spiro atoms. The van der Waals surface area contributed by atoms with Gasteiger partial charge < -0.3 is 15.7 Å². The zero-order chi connectivity index (χ0) is 13.7. The van der Waals surface area contributed by atoms with E-state index in [0.717, 1.165) is 0 Å². The Labute approximate surface area is 106 Å². The molecule has 0 atom stereocenters. The Balaban J connectivity index is 2.75. The maximum atomic E-state index is 12.0. The monoisotopic (exact) mass is 250 g/mol. The average molecular weight is 250 g/mol. The van der Waals surface area contributed by atoms with Gasteiger partial charge in [-0.05, 0) is 31.5 Å². The predicted octanol–water partition coefficient (Wildman–Crippen LogP) is 0.657. The van der Waals surface area contributed by atoms with Gasteiger partial charge in [-0.25, -0.2) is 0 Å². The van der Waals surface area contributed by atoms with Crippen molar-refractivity contribution in [1.82, 2.24) is 4.90 Å². The number of rotatable bonds is 5. The van der Waals surface area contributed by atoms with E-state index in [1.54, 1.807) is 12.1 Å². The molecule has 1 aromatic rings. The van der Waals surface area contributed by atoms with Crippen LogP contribution in [0, 0.1) is 0 Å². The van der Waals surface area contributed by atoms with Gasteiger partial charge >= 0.3 is 0 Å². The van der Waals surface area contributed by atoms with Crippen LogP contribution in [-0.4, -0.2) is 34.4 Å². The lowest BCUT2D eigenvalue weighted by molar-refractivity contribution is -0.136. The minimum atomic E-state index is -0.534. The first-order chi connectivity index (χ1) is 8.40. The van der Waals surface area contributed by atoms with Gasteiger partial charge in [0.1, 0.15) is 5.75 Å². The molecule has 98 valence electrons. The maximum Gasteiger partial charge on any atom is 0.237 e. The van der Waals surface area contributed by atoms with E-state index in [-0.39, 0.29) is 30.7 Å². The Hall–Kier alpha value is -2.04. The van der Waals surface area contributed by atoms with Crippen LogP contribution in [0.2, 0.25) is 0 Å². The lowest BCUT2D eigenvalue weighted by Crippen LogP contribution is -2.43. The van der Waals surface area contributed by atoms with Gasteiger partial charge in [-0.2, -0.15) is 0 Å². The molecule has 3 N–H and O–H groups in total. The van der Waals surface area contributed by atoms with Crippen LogP contribution in [0.3, 0.4) is 0 Å². The van der Waals surface area contributed by atoms with Crippen LogP contribution in [0.25, 0.3) is 0 Å². The van der Waals surface area contributed by atoms with Crippen molar-refractivity contribution in [1.29, 1.82) is 0 Å². The van der Waals surface area contributed by atoms with Crippen LogP contribution < -0.4 is 5.73 Å². The van der Waals surface area contributed by atoms with Crippen LogP contribution in [0.15, 0.2) is 24.3 Å². The van der Waals surface area contributed by atoms with E-state index in [4.69, 9.17) is 5.73 Å². The summed E-state index contributed by atoms with van der Waals surface area (Å²) in [6.07, 6.45) is 0.139. The number of nitrogens with zero attached hydrogens (tertiary/aromatic N) is 1. The van der Waals surface area contributed by atoms with Gasteiger partial charge in [-0.15, -0.1) is 0 Å². The summed E-state index contributed by atoms with van der Waals surface area (Å²) < 4.78 is 0. The Bertz CT molecular complexity index is 444. The summed E-state index contributed by atoms with van der Waals surface area (Å²) in [5.41, 5.74) is 5.82. The SMILES string of the molecule is CC(C)N(CC(N)=O)C(=O)Cc1cccc(O)c1. The molecule has 1 rings (SSSR count). The number of hydrogen-bond donors (Lipinski definition) is 2. The Kier molecular flexibility index (Phi) is 4.71. The van der Waals surface area contributed by atoms with Crippen molar-refractivity contribution in [2.24, 2.45) is 5.73 Å². The molecule has 0 aromatic heterocycles. The molecule has 0 radical (unpaired) electrons. The Morgan fingerprint density at radius 2 is 2.06 bits per heavy atom. The molecule has 0 aliphatic rings. The van der Waals surface area contributed by atoms with Gasteiger partial charge in [-0.3, -0.25) is 9.59 Å². The van der Waals surface area contributed by atoms with Gasteiger partial charge in [0, 0.05) is 6.04 Å². The van der Waals surface area contributed by atoms with Crippen LogP contribution in [-0.2, 0) is 16.0 Å². The van der Waals surface area contributed by atoms with Gasteiger partial charge in [0.05, 0.1) is 13.0 Å². The largest absolute Gasteiger partial charge is 0.508 e. The predicted molar refractivity (Wildman–Crippen MR) is 67.9 cm³/mol. The third-order valence-corrected chi connectivity index (χ3v) is 2.54. The number of primary amides is 1. The first-order valence-corrected chi connectivity index (χ1v) is 5.76. The second-order valence-corrected chi connectivity index (χ2v) is 4.43. The highest BCUT2D eigenvalue weighted by molar-refractivity contribution is 5.85. The van der Waals surface area contributed by atoms with E-state index in [1.165, 1.54) is 17.0 Å². The molecule has 5 heteroatoms. The first-order valence-electron chi connectivity index (χ1n) is 5.76. The quantitative estimate of drug-likeness (QED) is 0.805. The zero-order valence-electron chi connectivity index (χ0n) is 10.6. The van der Waals surface area contributed by atoms with Crippen molar-refractivity contribution in [3.05, 3.63) is 29.8 Å². The molecule has 1 aromatic carbocycles. The number of carbonyl (C=O) groups excluding carboxylic acids is 2. The zero-order valence-corrected chi connectivity index (χ0v) is 10.6. The minimum absolute atomic E-state index is 0.0880. The fourth-order valence-corrected chi connectivity index (χ4v) is 1.67. The molecule has 0 bridgehead atoms. The van der Waals surface area contributed by atoms with Gasteiger partial charge in [0.25, 0.3) is 0 Å². The molecule has 0 aliphatic heterocycles. The Morgan fingerprint density at radius 1 is 1.39 bits per heavy atom. The number of phenols is 1. The molecular formula is C13H18N2O3. The van der Waals surface area contributed by atoms with E-state index in [2.05, 4.69) is 0 Å². The summed E-state index contributed by atoms with van der Waals surface area (Å²) in [6, 6.07) is 6.40. The summed E-state index contributed by atoms with van der Waals surface area (Å²) >= 11 is 0. The second kappa shape index (κ2) is 6.05. The number of amides is 2. The van der Waals surface area contributed by atoms with Crippen LogP contribution in [0.1, 0.15) is 19.4 Å². The number of phenolic OH excluding ortho intramolecular Hbond substituents is 1.